The summed E-state index contributed by atoms with van der Waals surface area (Å²) in [5.41, 5.74) is 8.90. The van der Waals surface area contributed by atoms with Gasteiger partial charge in [-0.1, -0.05) is 48.5 Å². The summed E-state index contributed by atoms with van der Waals surface area (Å²) in [7, 11) is 0. The third kappa shape index (κ3) is 5.11. The Kier molecular flexibility index (Phi) is 6.60. The van der Waals surface area contributed by atoms with Crippen molar-refractivity contribution in [2.24, 2.45) is 0 Å². The molecule has 0 fully saturated rings. The molecule has 7 nitrogen and oxygen atoms in total. The number of nitrogens with zero attached hydrogens (tertiary/aromatic N) is 3. The molecule has 9 heteroatoms. The average Bonchev–Trinajstić information content (AvgIpc) is 3.49. The van der Waals surface area contributed by atoms with Gasteiger partial charge in [0.2, 0.25) is 0 Å². The number of rotatable bonds is 6. The fourth-order valence-corrected chi connectivity index (χ4v) is 5.44. The average molecular weight is 500 g/mol. The SMILES string of the molecule is Cc1nc(-c2ccccc2)sc1C(=O)NNC(=O)c1ccccc1SCc1cn2ccccc2n1. The highest BCUT2D eigenvalue weighted by Crippen LogP contribution is 2.28. The molecule has 0 atom stereocenters. The van der Waals surface area contributed by atoms with Crippen LogP contribution in [0.2, 0.25) is 0 Å². The predicted molar refractivity (Wildman–Crippen MR) is 138 cm³/mol. The highest BCUT2D eigenvalue weighted by Gasteiger charge is 2.18. The highest BCUT2D eigenvalue weighted by molar-refractivity contribution is 7.98. The minimum Gasteiger partial charge on any atom is -0.307 e. The summed E-state index contributed by atoms with van der Waals surface area (Å²) in [4.78, 5) is 36.0. The van der Waals surface area contributed by atoms with E-state index in [1.165, 1.54) is 23.1 Å². The molecule has 0 aliphatic rings. The van der Waals surface area contributed by atoms with Gasteiger partial charge in [-0.2, -0.15) is 0 Å². The number of aryl methyl sites for hydroxylation is 1. The van der Waals surface area contributed by atoms with Gasteiger partial charge >= 0.3 is 0 Å². The monoisotopic (exact) mass is 499 g/mol. The zero-order valence-corrected chi connectivity index (χ0v) is 20.4. The molecule has 174 valence electrons. The van der Waals surface area contributed by atoms with E-state index in [9.17, 15) is 9.59 Å². The first kappa shape index (κ1) is 22.8. The number of hydrogen-bond donors (Lipinski definition) is 2. The second-order valence-electron chi connectivity index (χ2n) is 7.69. The van der Waals surface area contributed by atoms with Crippen molar-refractivity contribution >= 4 is 40.6 Å². The second-order valence-corrected chi connectivity index (χ2v) is 9.71. The summed E-state index contributed by atoms with van der Waals surface area (Å²) in [5, 5.41) is 0.758. The van der Waals surface area contributed by atoms with Crippen LogP contribution in [-0.4, -0.2) is 26.2 Å². The summed E-state index contributed by atoms with van der Waals surface area (Å²) in [6.07, 6.45) is 3.93. The van der Waals surface area contributed by atoms with Gasteiger partial charge in [-0.15, -0.1) is 23.1 Å². The molecule has 0 saturated carbocycles. The number of hydrazine groups is 1. The number of fused-ring (bicyclic) bond motifs is 1. The molecule has 3 heterocycles. The van der Waals surface area contributed by atoms with Crippen molar-refractivity contribution in [2.45, 2.75) is 17.6 Å². The third-order valence-corrected chi connectivity index (χ3v) is 7.55. The number of thiazole rings is 1. The van der Waals surface area contributed by atoms with Gasteiger partial charge in [0.05, 0.1) is 17.0 Å². The maximum atomic E-state index is 12.9. The van der Waals surface area contributed by atoms with E-state index in [1.54, 1.807) is 19.1 Å². The van der Waals surface area contributed by atoms with Crippen LogP contribution in [0.15, 0.2) is 90.1 Å². The molecule has 2 N–H and O–H groups in total. The van der Waals surface area contributed by atoms with Gasteiger partial charge in [-0.3, -0.25) is 20.4 Å². The van der Waals surface area contributed by atoms with Crippen LogP contribution in [0.4, 0.5) is 0 Å². The first-order valence-electron chi connectivity index (χ1n) is 10.9. The number of imidazole rings is 1. The van der Waals surface area contributed by atoms with E-state index in [1.807, 2.05) is 77.5 Å². The van der Waals surface area contributed by atoms with Gasteiger partial charge in [0, 0.05) is 28.6 Å². The van der Waals surface area contributed by atoms with Crippen LogP contribution < -0.4 is 10.9 Å². The van der Waals surface area contributed by atoms with Crippen molar-refractivity contribution < 1.29 is 9.59 Å². The lowest BCUT2D eigenvalue weighted by Crippen LogP contribution is -2.41. The molecule has 0 radical (unpaired) electrons. The van der Waals surface area contributed by atoms with Gasteiger partial charge in [0.15, 0.2) is 0 Å². The lowest BCUT2D eigenvalue weighted by Gasteiger charge is -2.10. The maximum absolute atomic E-state index is 12.9. The van der Waals surface area contributed by atoms with Gasteiger partial charge in [-0.25, -0.2) is 9.97 Å². The van der Waals surface area contributed by atoms with Crippen LogP contribution in [0.1, 0.15) is 31.4 Å². The number of aromatic nitrogens is 3. The van der Waals surface area contributed by atoms with Crippen LogP contribution in [-0.2, 0) is 5.75 Å². The fourth-order valence-electron chi connectivity index (χ4n) is 3.54. The minimum absolute atomic E-state index is 0.387. The van der Waals surface area contributed by atoms with E-state index >= 15 is 0 Å². The van der Waals surface area contributed by atoms with E-state index in [4.69, 9.17) is 0 Å². The summed E-state index contributed by atoms with van der Waals surface area (Å²) < 4.78 is 1.97. The fraction of sp³-hybridized carbons (Fsp3) is 0.0769. The first-order valence-corrected chi connectivity index (χ1v) is 12.7. The molecule has 0 aliphatic carbocycles. The Balaban J connectivity index is 1.24. The molecule has 3 aromatic heterocycles. The largest absolute Gasteiger partial charge is 0.307 e. The maximum Gasteiger partial charge on any atom is 0.281 e. The normalized spacial score (nSPS) is 10.9. The second kappa shape index (κ2) is 10.1. The number of amides is 2. The number of thioether (sulfide) groups is 1. The standard InChI is InChI=1S/C26H21N5O2S2/c1-17-23(35-26(27-17)18-9-3-2-4-10-18)25(33)30-29-24(32)20-11-5-6-12-21(20)34-16-19-15-31-14-8-7-13-22(31)28-19/h2-15H,16H2,1H3,(H,29,32)(H,30,33). The number of benzene rings is 2. The van der Waals surface area contributed by atoms with E-state index in [0.29, 0.717) is 21.9 Å². The van der Waals surface area contributed by atoms with E-state index < -0.39 is 5.91 Å². The van der Waals surface area contributed by atoms with E-state index in [0.717, 1.165) is 26.8 Å². The molecule has 0 unspecified atom stereocenters. The van der Waals surface area contributed by atoms with Crippen molar-refractivity contribution in [3.05, 3.63) is 107 Å². The Morgan fingerprint density at radius 3 is 2.49 bits per heavy atom. The molecule has 0 bridgehead atoms. The summed E-state index contributed by atoms with van der Waals surface area (Å²) in [6, 6.07) is 22.8. The Labute approximate surface area is 210 Å². The molecule has 5 aromatic rings. The van der Waals surface area contributed by atoms with Crippen molar-refractivity contribution in [1.82, 2.24) is 25.2 Å². The van der Waals surface area contributed by atoms with Crippen LogP contribution in [0, 0.1) is 6.92 Å². The van der Waals surface area contributed by atoms with Crippen LogP contribution >= 0.6 is 23.1 Å². The summed E-state index contributed by atoms with van der Waals surface area (Å²) in [6.45, 7) is 1.78. The number of nitrogens with one attached hydrogen (secondary N) is 2. The Bertz CT molecular complexity index is 1480. The predicted octanol–water partition coefficient (Wildman–Crippen LogP) is 5.13. The lowest BCUT2D eigenvalue weighted by atomic mass is 10.2. The van der Waals surface area contributed by atoms with Gasteiger partial charge < -0.3 is 4.40 Å². The Hall–Kier alpha value is -3.95. The van der Waals surface area contributed by atoms with Crippen molar-refractivity contribution in [3.63, 3.8) is 0 Å². The zero-order valence-electron chi connectivity index (χ0n) is 18.8. The smallest absolute Gasteiger partial charge is 0.281 e. The van der Waals surface area contributed by atoms with E-state index in [2.05, 4.69) is 20.8 Å². The van der Waals surface area contributed by atoms with Crippen LogP contribution in [0.5, 0.6) is 0 Å². The zero-order chi connectivity index (χ0) is 24.2. The number of carbonyl (C=O) groups is 2. The Morgan fingerprint density at radius 1 is 0.914 bits per heavy atom. The highest BCUT2D eigenvalue weighted by atomic mass is 32.2. The molecule has 0 saturated heterocycles. The van der Waals surface area contributed by atoms with Crippen molar-refractivity contribution in [1.29, 1.82) is 0 Å². The molecule has 2 amide bonds. The molecule has 0 aliphatic heterocycles. The minimum atomic E-state index is -0.398. The summed E-state index contributed by atoms with van der Waals surface area (Å²) in [5.74, 6) is -0.173. The van der Waals surface area contributed by atoms with E-state index in [-0.39, 0.29) is 5.91 Å². The summed E-state index contributed by atoms with van der Waals surface area (Å²) >= 11 is 2.81. The first-order chi connectivity index (χ1) is 17.1. The molecular weight excluding hydrogens is 478 g/mol. The number of pyridine rings is 1. The Morgan fingerprint density at radius 2 is 1.66 bits per heavy atom. The van der Waals surface area contributed by atoms with Crippen molar-refractivity contribution in [2.75, 3.05) is 0 Å². The quantitative estimate of drug-likeness (QED) is 0.250. The third-order valence-electron chi connectivity index (χ3n) is 5.23. The molecular formula is C26H21N5O2S2. The van der Waals surface area contributed by atoms with Crippen LogP contribution in [0.3, 0.4) is 0 Å². The van der Waals surface area contributed by atoms with Gasteiger partial charge in [0.1, 0.15) is 15.5 Å². The van der Waals surface area contributed by atoms with Crippen LogP contribution in [0.25, 0.3) is 16.2 Å². The number of hydrogen-bond acceptors (Lipinski definition) is 6. The number of carbonyl (C=O) groups excluding carboxylic acids is 2. The molecule has 5 rings (SSSR count). The van der Waals surface area contributed by atoms with Gasteiger partial charge in [0.25, 0.3) is 11.8 Å². The van der Waals surface area contributed by atoms with Gasteiger partial charge in [-0.05, 0) is 31.2 Å². The molecule has 0 spiro atoms. The lowest BCUT2D eigenvalue weighted by molar-refractivity contribution is 0.0846. The molecule has 35 heavy (non-hydrogen) atoms. The van der Waals surface area contributed by atoms with Crippen molar-refractivity contribution in [3.8, 4) is 10.6 Å². The molecule has 2 aromatic carbocycles. The topological polar surface area (TPSA) is 88.4 Å².